The van der Waals surface area contributed by atoms with Gasteiger partial charge in [-0.1, -0.05) is 6.08 Å². The average Bonchev–Trinajstić information content (AvgIpc) is 2.12. The molecule has 2 nitrogen and oxygen atoms in total. The van der Waals surface area contributed by atoms with Crippen LogP contribution in [0.25, 0.3) is 0 Å². The van der Waals surface area contributed by atoms with Crippen LogP contribution in [0.1, 0.15) is 6.42 Å². The van der Waals surface area contributed by atoms with Gasteiger partial charge in [0.15, 0.2) is 0 Å². The summed E-state index contributed by atoms with van der Waals surface area (Å²) in [5, 5.41) is -0.405. The van der Waals surface area contributed by atoms with Gasteiger partial charge in [-0.15, -0.1) is 0 Å². The number of halogens is 1. The molecule has 3 heteroatoms. The van der Waals surface area contributed by atoms with Gasteiger partial charge < -0.3 is 0 Å². The van der Waals surface area contributed by atoms with Crippen molar-refractivity contribution >= 4 is 23.1 Å². The number of rotatable bonds is 1. The van der Waals surface area contributed by atoms with Gasteiger partial charge in [-0.25, -0.2) is 0 Å². The standard InChI is InChI=1S/C7H6ClNO/c8-7(10)6-2-1-4-9-5-3-6/h1-2,4-5H,3H2. The Balaban J connectivity index is 2.78. The fraction of sp³-hybridized carbons (Fsp3) is 0.143. The third-order valence-electron chi connectivity index (χ3n) is 1.14. The van der Waals surface area contributed by atoms with Crippen LogP contribution >= 0.6 is 11.6 Å². The van der Waals surface area contributed by atoms with Crippen LogP contribution in [0, 0.1) is 0 Å². The highest BCUT2D eigenvalue weighted by atomic mass is 35.5. The number of hydrogen-bond donors (Lipinski definition) is 0. The summed E-state index contributed by atoms with van der Waals surface area (Å²) < 4.78 is 0. The molecule has 0 spiro atoms. The largest absolute Gasteiger partial charge is 0.276 e. The van der Waals surface area contributed by atoms with E-state index in [0.29, 0.717) is 12.0 Å². The van der Waals surface area contributed by atoms with E-state index in [0.717, 1.165) is 0 Å². The summed E-state index contributed by atoms with van der Waals surface area (Å²) in [4.78, 5) is 14.4. The van der Waals surface area contributed by atoms with Gasteiger partial charge in [-0.05, 0) is 17.7 Å². The van der Waals surface area contributed by atoms with Crippen molar-refractivity contribution in [1.82, 2.24) is 0 Å². The Kier molecular flexibility index (Phi) is 2.40. The minimum absolute atomic E-state index is 0.405. The summed E-state index contributed by atoms with van der Waals surface area (Å²) in [5.41, 5.74) is 0.583. The summed E-state index contributed by atoms with van der Waals surface area (Å²) in [5.74, 6) is 0. The van der Waals surface area contributed by atoms with Crippen molar-refractivity contribution in [3.8, 4) is 0 Å². The number of allylic oxidation sites excluding steroid dienone is 3. The van der Waals surface area contributed by atoms with E-state index >= 15 is 0 Å². The van der Waals surface area contributed by atoms with Crippen LogP contribution < -0.4 is 0 Å². The molecule has 1 aliphatic heterocycles. The number of carbonyl (C=O) groups is 1. The molecule has 0 atom stereocenters. The van der Waals surface area contributed by atoms with E-state index in [1.54, 1.807) is 24.6 Å². The van der Waals surface area contributed by atoms with Crippen LogP contribution in [0.15, 0.2) is 28.9 Å². The molecule has 0 fully saturated rings. The highest BCUT2D eigenvalue weighted by Gasteiger charge is 2.03. The first kappa shape index (κ1) is 7.22. The Morgan fingerprint density at radius 2 is 2.50 bits per heavy atom. The third-order valence-corrected chi connectivity index (χ3v) is 1.38. The van der Waals surface area contributed by atoms with E-state index in [9.17, 15) is 4.79 Å². The lowest BCUT2D eigenvalue weighted by molar-refractivity contribution is -0.108. The number of nitrogens with zero attached hydrogens (tertiary/aromatic N) is 1. The molecule has 0 aliphatic carbocycles. The molecule has 0 unspecified atom stereocenters. The normalized spacial score (nSPS) is 16.3. The molecule has 1 rings (SSSR count). The zero-order valence-electron chi connectivity index (χ0n) is 5.25. The number of aliphatic imine (C=N–C) groups is 1. The van der Waals surface area contributed by atoms with E-state index in [4.69, 9.17) is 11.6 Å². The highest BCUT2D eigenvalue weighted by molar-refractivity contribution is 6.67. The molecule has 52 valence electrons. The second-order valence-electron chi connectivity index (χ2n) is 1.84. The van der Waals surface area contributed by atoms with E-state index in [2.05, 4.69) is 4.99 Å². The monoisotopic (exact) mass is 155 g/mol. The van der Waals surface area contributed by atoms with Gasteiger partial charge in [0.1, 0.15) is 0 Å². The average molecular weight is 156 g/mol. The summed E-state index contributed by atoms with van der Waals surface area (Å²) in [6.07, 6.45) is 7.15. The van der Waals surface area contributed by atoms with Crippen LogP contribution in [-0.4, -0.2) is 11.5 Å². The topological polar surface area (TPSA) is 29.4 Å². The van der Waals surface area contributed by atoms with E-state index in [-0.39, 0.29) is 0 Å². The summed E-state index contributed by atoms with van der Waals surface area (Å²) >= 11 is 5.23. The second kappa shape index (κ2) is 3.32. The second-order valence-corrected chi connectivity index (χ2v) is 2.19. The molecule has 0 aromatic heterocycles. The van der Waals surface area contributed by atoms with Crippen LogP contribution in [0.3, 0.4) is 0 Å². The summed E-state index contributed by atoms with van der Waals surface area (Å²) in [6, 6.07) is 0. The van der Waals surface area contributed by atoms with Gasteiger partial charge in [0.25, 0.3) is 0 Å². The van der Waals surface area contributed by atoms with Gasteiger partial charge in [0.2, 0.25) is 5.24 Å². The van der Waals surface area contributed by atoms with Crippen molar-refractivity contribution in [1.29, 1.82) is 0 Å². The molecular weight excluding hydrogens is 150 g/mol. The lowest BCUT2D eigenvalue weighted by Crippen LogP contribution is -1.92. The lowest BCUT2D eigenvalue weighted by atomic mass is 10.2. The molecule has 0 saturated carbocycles. The Hall–Kier alpha value is -0.890. The predicted molar refractivity (Wildman–Crippen MR) is 41.2 cm³/mol. The first-order valence-electron chi connectivity index (χ1n) is 2.88. The Labute approximate surface area is 63.9 Å². The highest BCUT2D eigenvalue weighted by Crippen LogP contribution is 2.06. The molecule has 1 heterocycles. The van der Waals surface area contributed by atoms with Gasteiger partial charge in [0, 0.05) is 24.4 Å². The van der Waals surface area contributed by atoms with Gasteiger partial charge in [-0.2, -0.15) is 0 Å². The number of carbonyl (C=O) groups excluding carboxylic acids is 1. The predicted octanol–water partition coefficient (Wildman–Crippen LogP) is 1.67. The molecule has 0 aromatic carbocycles. The van der Waals surface area contributed by atoms with Crippen LogP contribution in [0.5, 0.6) is 0 Å². The molecule has 0 saturated heterocycles. The molecule has 0 radical (unpaired) electrons. The molecule has 0 bridgehead atoms. The maximum Gasteiger partial charge on any atom is 0.248 e. The van der Waals surface area contributed by atoms with Crippen molar-refractivity contribution in [3.63, 3.8) is 0 Å². The minimum Gasteiger partial charge on any atom is -0.276 e. The maximum absolute atomic E-state index is 10.6. The van der Waals surface area contributed by atoms with Crippen molar-refractivity contribution in [2.24, 2.45) is 4.99 Å². The fourth-order valence-corrected chi connectivity index (χ4v) is 0.775. The van der Waals surface area contributed by atoms with Gasteiger partial charge in [0.05, 0.1) is 0 Å². The molecule has 1 aliphatic rings. The van der Waals surface area contributed by atoms with Crippen molar-refractivity contribution in [3.05, 3.63) is 23.9 Å². The molecule has 0 amide bonds. The van der Waals surface area contributed by atoms with Crippen LogP contribution in [-0.2, 0) is 4.79 Å². The van der Waals surface area contributed by atoms with Crippen molar-refractivity contribution < 1.29 is 4.79 Å². The van der Waals surface area contributed by atoms with Crippen LogP contribution in [0.4, 0.5) is 0 Å². The van der Waals surface area contributed by atoms with Gasteiger partial charge in [-0.3, -0.25) is 9.79 Å². The first-order valence-corrected chi connectivity index (χ1v) is 3.25. The number of hydrogen-bond acceptors (Lipinski definition) is 2. The minimum atomic E-state index is -0.405. The zero-order valence-corrected chi connectivity index (χ0v) is 6.01. The SMILES string of the molecule is O=C(Cl)C1=CC=CN=CC1. The Morgan fingerprint density at radius 3 is 3.20 bits per heavy atom. The van der Waals surface area contributed by atoms with Crippen molar-refractivity contribution in [2.45, 2.75) is 6.42 Å². The molecule has 0 N–H and O–H groups in total. The smallest absolute Gasteiger partial charge is 0.248 e. The zero-order chi connectivity index (χ0) is 7.40. The van der Waals surface area contributed by atoms with Crippen molar-refractivity contribution in [2.75, 3.05) is 0 Å². The Bertz CT molecular complexity index is 228. The molecule has 10 heavy (non-hydrogen) atoms. The summed E-state index contributed by atoms with van der Waals surface area (Å²) in [6.45, 7) is 0. The van der Waals surface area contributed by atoms with E-state index < -0.39 is 5.24 Å². The molecular formula is C7H6ClNO. The lowest BCUT2D eigenvalue weighted by Gasteiger charge is -1.90. The van der Waals surface area contributed by atoms with E-state index in [1.165, 1.54) is 0 Å². The van der Waals surface area contributed by atoms with Crippen LogP contribution in [0.2, 0.25) is 0 Å². The molecule has 0 aromatic rings. The fourth-order valence-electron chi connectivity index (χ4n) is 0.635. The summed E-state index contributed by atoms with van der Waals surface area (Å²) in [7, 11) is 0. The first-order chi connectivity index (χ1) is 4.80. The van der Waals surface area contributed by atoms with E-state index in [1.807, 2.05) is 0 Å². The third kappa shape index (κ3) is 1.81. The van der Waals surface area contributed by atoms with Gasteiger partial charge >= 0.3 is 0 Å². The Morgan fingerprint density at radius 1 is 1.70 bits per heavy atom. The quantitative estimate of drug-likeness (QED) is 0.530. The maximum atomic E-state index is 10.6.